The van der Waals surface area contributed by atoms with E-state index >= 15 is 0 Å². The zero-order chi connectivity index (χ0) is 15.2. The summed E-state index contributed by atoms with van der Waals surface area (Å²) in [6.45, 7) is 4.79. The molecule has 7 nitrogen and oxygen atoms in total. The number of hydrogen-bond donors (Lipinski definition) is 3. The van der Waals surface area contributed by atoms with Gasteiger partial charge in [0.15, 0.2) is 0 Å². The van der Waals surface area contributed by atoms with Crippen LogP contribution in [0.4, 0.5) is 11.6 Å². The van der Waals surface area contributed by atoms with Gasteiger partial charge in [-0.05, 0) is 13.3 Å². The predicted molar refractivity (Wildman–Crippen MR) is 81.6 cm³/mol. The summed E-state index contributed by atoms with van der Waals surface area (Å²) in [5.41, 5.74) is 0.923. The van der Waals surface area contributed by atoms with E-state index in [0.29, 0.717) is 13.1 Å². The van der Waals surface area contributed by atoms with Crippen molar-refractivity contribution in [1.29, 1.82) is 0 Å². The molecule has 20 heavy (non-hydrogen) atoms. The van der Waals surface area contributed by atoms with Crippen molar-refractivity contribution >= 4 is 21.7 Å². The quantitative estimate of drug-likeness (QED) is 0.613. The van der Waals surface area contributed by atoms with Gasteiger partial charge in [0.25, 0.3) is 0 Å². The van der Waals surface area contributed by atoms with Gasteiger partial charge in [0, 0.05) is 32.1 Å². The SMILES string of the molecule is CCCc1nc(NC)c(C)c(NCCNS(C)(=O)=O)n1. The number of sulfonamides is 1. The minimum absolute atomic E-state index is 0.320. The highest BCUT2D eigenvalue weighted by Crippen LogP contribution is 2.19. The first-order valence-corrected chi connectivity index (χ1v) is 8.50. The van der Waals surface area contributed by atoms with Crippen molar-refractivity contribution in [3.8, 4) is 0 Å². The molecule has 0 aliphatic heterocycles. The standard InChI is InChI=1S/C12H23N5O2S/c1-5-6-10-16-11(13-3)9(2)12(17-10)14-7-8-15-20(4,18)19/h15H,5-8H2,1-4H3,(H2,13,14,16,17). The van der Waals surface area contributed by atoms with Gasteiger partial charge in [0.1, 0.15) is 17.5 Å². The van der Waals surface area contributed by atoms with Crippen LogP contribution < -0.4 is 15.4 Å². The summed E-state index contributed by atoms with van der Waals surface area (Å²) < 4.78 is 24.4. The molecule has 0 spiro atoms. The van der Waals surface area contributed by atoms with Gasteiger partial charge in [-0.3, -0.25) is 0 Å². The third kappa shape index (κ3) is 5.30. The summed E-state index contributed by atoms with van der Waals surface area (Å²) in [5, 5.41) is 6.19. The Hall–Kier alpha value is -1.41. The van der Waals surface area contributed by atoms with Crippen LogP contribution in [0, 0.1) is 6.92 Å². The second kappa shape index (κ2) is 7.39. The third-order valence-corrected chi connectivity index (χ3v) is 3.41. The molecular formula is C12H23N5O2S. The highest BCUT2D eigenvalue weighted by atomic mass is 32.2. The average molecular weight is 301 g/mol. The van der Waals surface area contributed by atoms with Crippen LogP contribution in [-0.4, -0.2) is 44.8 Å². The topological polar surface area (TPSA) is 96.0 Å². The van der Waals surface area contributed by atoms with Crippen molar-refractivity contribution in [2.75, 3.05) is 37.0 Å². The first-order chi connectivity index (χ1) is 9.37. The molecule has 3 N–H and O–H groups in total. The molecule has 0 atom stereocenters. The van der Waals surface area contributed by atoms with Gasteiger partial charge in [0.05, 0.1) is 6.26 Å². The molecule has 0 saturated carbocycles. The maximum atomic E-state index is 11.0. The second-order valence-corrected chi connectivity index (χ2v) is 6.39. The van der Waals surface area contributed by atoms with Gasteiger partial charge in [-0.25, -0.2) is 23.1 Å². The molecule has 8 heteroatoms. The number of nitrogens with one attached hydrogen (secondary N) is 3. The van der Waals surface area contributed by atoms with E-state index in [-0.39, 0.29) is 0 Å². The molecule has 1 heterocycles. The molecular weight excluding hydrogens is 278 g/mol. The molecule has 0 amide bonds. The average Bonchev–Trinajstić information content (AvgIpc) is 2.36. The largest absolute Gasteiger partial charge is 0.373 e. The molecule has 0 bridgehead atoms. The van der Waals surface area contributed by atoms with Gasteiger partial charge in [-0.2, -0.15) is 0 Å². The highest BCUT2D eigenvalue weighted by Gasteiger charge is 2.09. The Morgan fingerprint density at radius 1 is 1.15 bits per heavy atom. The third-order valence-electron chi connectivity index (χ3n) is 2.68. The van der Waals surface area contributed by atoms with Crippen molar-refractivity contribution < 1.29 is 8.42 Å². The molecule has 0 radical (unpaired) electrons. The van der Waals surface area contributed by atoms with Crippen LogP contribution in [0.15, 0.2) is 0 Å². The lowest BCUT2D eigenvalue weighted by molar-refractivity contribution is 0.589. The molecule has 0 aromatic carbocycles. The van der Waals surface area contributed by atoms with Crippen LogP contribution in [0.3, 0.4) is 0 Å². The van der Waals surface area contributed by atoms with E-state index in [9.17, 15) is 8.42 Å². The molecule has 0 unspecified atom stereocenters. The predicted octanol–water partition coefficient (Wildman–Crippen LogP) is 0.740. The van der Waals surface area contributed by atoms with Crippen molar-refractivity contribution in [3.63, 3.8) is 0 Å². The molecule has 0 aliphatic carbocycles. The Morgan fingerprint density at radius 3 is 2.35 bits per heavy atom. The minimum atomic E-state index is -3.15. The summed E-state index contributed by atoms with van der Waals surface area (Å²) in [6, 6.07) is 0. The van der Waals surface area contributed by atoms with E-state index in [1.54, 1.807) is 0 Å². The van der Waals surface area contributed by atoms with Crippen molar-refractivity contribution in [1.82, 2.24) is 14.7 Å². The fourth-order valence-corrected chi connectivity index (χ4v) is 2.20. The number of aryl methyl sites for hydroxylation is 1. The molecule has 1 rings (SSSR count). The second-order valence-electron chi connectivity index (χ2n) is 4.56. The Morgan fingerprint density at radius 2 is 1.80 bits per heavy atom. The molecule has 0 aliphatic rings. The zero-order valence-electron chi connectivity index (χ0n) is 12.4. The molecule has 1 aromatic rings. The Kier molecular flexibility index (Phi) is 6.15. The van der Waals surface area contributed by atoms with E-state index in [0.717, 1.165) is 42.1 Å². The van der Waals surface area contributed by atoms with E-state index in [1.165, 1.54) is 0 Å². The lowest BCUT2D eigenvalue weighted by atomic mass is 10.2. The maximum Gasteiger partial charge on any atom is 0.208 e. The number of nitrogens with zero attached hydrogens (tertiary/aromatic N) is 2. The first kappa shape index (κ1) is 16.6. The van der Waals surface area contributed by atoms with Crippen LogP contribution >= 0.6 is 0 Å². The summed E-state index contributed by atoms with van der Waals surface area (Å²) in [4.78, 5) is 8.90. The lowest BCUT2D eigenvalue weighted by Gasteiger charge is -2.13. The normalized spacial score (nSPS) is 11.4. The fourth-order valence-electron chi connectivity index (χ4n) is 1.73. The van der Waals surface area contributed by atoms with E-state index in [2.05, 4.69) is 32.2 Å². The minimum Gasteiger partial charge on any atom is -0.373 e. The van der Waals surface area contributed by atoms with Crippen LogP contribution in [-0.2, 0) is 16.4 Å². The maximum absolute atomic E-state index is 11.0. The van der Waals surface area contributed by atoms with Gasteiger partial charge in [-0.1, -0.05) is 6.92 Å². The van der Waals surface area contributed by atoms with Gasteiger partial charge in [-0.15, -0.1) is 0 Å². The first-order valence-electron chi connectivity index (χ1n) is 6.61. The van der Waals surface area contributed by atoms with Crippen LogP contribution in [0.25, 0.3) is 0 Å². The lowest BCUT2D eigenvalue weighted by Crippen LogP contribution is -2.28. The van der Waals surface area contributed by atoms with Crippen molar-refractivity contribution in [3.05, 3.63) is 11.4 Å². The van der Waals surface area contributed by atoms with E-state index in [1.807, 2.05) is 14.0 Å². The fraction of sp³-hybridized carbons (Fsp3) is 0.667. The van der Waals surface area contributed by atoms with Crippen LogP contribution in [0.1, 0.15) is 24.7 Å². The van der Waals surface area contributed by atoms with Gasteiger partial charge >= 0.3 is 0 Å². The number of rotatable bonds is 8. The smallest absolute Gasteiger partial charge is 0.208 e. The summed E-state index contributed by atoms with van der Waals surface area (Å²) in [7, 11) is -1.33. The van der Waals surface area contributed by atoms with E-state index in [4.69, 9.17) is 0 Å². The monoisotopic (exact) mass is 301 g/mol. The molecule has 114 valence electrons. The van der Waals surface area contributed by atoms with Gasteiger partial charge < -0.3 is 10.6 Å². The van der Waals surface area contributed by atoms with Crippen LogP contribution in [0.5, 0.6) is 0 Å². The molecule has 0 fully saturated rings. The summed E-state index contributed by atoms with van der Waals surface area (Å²) >= 11 is 0. The molecule has 0 saturated heterocycles. The van der Waals surface area contributed by atoms with E-state index < -0.39 is 10.0 Å². The molecule has 1 aromatic heterocycles. The Balaban J connectivity index is 2.75. The summed E-state index contributed by atoms with van der Waals surface area (Å²) in [6.07, 6.45) is 2.92. The Labute approximate surface area is 120 Å². The highest BCUT2D eigenvalue weighted by molar-refractivity contribution is 7.88. The number of hydrogen-bond acceptors (Lipinski definition) is 6. The zero-order valence-corrected chi connectivity index (χ0v) is 13.3. The summed E-state index contributed by atoms with van der Waals surface area (Å²) in [5.74, 6) is 2.31. The van der Waals surface area contributed by atoms with Crippen LogP contribution in [0.2, 0.25) is 0 Å². The number of anilines is 2. The Bertz CT molecular complexity index is 545. The van der Waals surface area contributed by atoms with Gasteiger partial charge in [0.2, 0.25) is 10.0 Å². The number of aromatic nitrogens is 2. The van der Waals surface area contributed by atoms with Crippen molar-refractivity contribution in [2.24, 2.45) is 0 Å². The van der Waals surface area contributed by atoms with Crippen molar-refractivity contribution in [2.45, 2.75) is 26.7 Å².